The van der Waals surface area contributed by atoms with E-state index in [0.29, 0.717) is 0 Å². The molecule has 0 bridgehead atoms. The standard InChI is InChI=1S/C10H10N2O5S/c11-5-7-3-1-2-4-9(7)18(16,17)12-8(6-13)10(14)15/h1-4,8,12-13H,6H2,(H,14,15). The van der Waals surface area contributed by atoms with Crippen LogP contribution in [0.4, 0.5) is 0 Å². The zero-order valence-corrected chi connectivity index (χ0v) is 9.88. The maximum Gasteiger partial charge on any atom is 0.324 e. The SMILES string of the molecule is N#Cc1ccccc1S(=O)(=O)NC(CO)C(=O)O. The zero-order chi connectivity index (χ0) is 13.8. The molecular formula is C10H10N2O5S. The highest BCUT2D eigenvalue weighted by Gasteiger charge is 2.26. The van der Waals surface area contributed by atoms with Crippen LogP contribution < -0.4 is 4.72 Å². The van der Waals surface area contributed by atoms with Crippen molar-refractivity contribution in [2.24, 2.45) is 0 Å². The third-order valence-electron chi connectivity index (χ3n) is 2.08. The molecule has 1 rings (SSSR count). The average Bonchev–Trinajstić information content (AvgIpc) is 2.35. The summed E-state index contributed by atoms with van der Waals surface area (Å²) in [6.07, 6.45) is 0. The van der Waals surface area contributed by atoms with Crippen molar-refractivity contribution in [3.05, 3.63) is 29.8 Å². The first kappa shape index (κ1) is 14.1. The molecule has 0 saturated heterocycles. The van der Waals surface area contributed by atoms with Crippen molar-refractivity contribution in [2.45, 2.75) is 10.9 Å². The average molecular weight is 270 g/mol. The van der Waals surface area contributed by atoms with E-state index in [4.69, 9.17) is 15.5 Å². The number of nitrogens with zero attached hydrogens (tertiary/aromatic N) is 1. The Morgan fingerprint density at radius 1 is 1.44 bits per heavy atom. The van der Waals surface area contributed by atoms with Crippen molar-refractivity contribution in [3.8, 4) is 6.07 Å². The van der Waals surface area contributed by atoms with Gasteiger partial charge in [-0.2, -0.15) is 9.98 Å². The van der Waals surface area contributed by atoms with Gasteiger partial charge in [0.1, 0.15) is 12.1 Å². The highest BCUT2D eigenvalue weighted by atomic mass is 32.2. The Labute approximate surface area is 103 Å². The minimum atomic E-state index is -4.17. The van der Waals surface area contributed by atoms with Crippen molar-refractivity contribution in [3.63, 3.8) is 0 Å². The van der Waals surface area contributed by atoms with E-state index in [1.54, 1.807) is 10.8 Å². The van der Waals surface area contributed by atoms with Crippen LogP contribution in [0.25, 0.3) is 0 Å². The summed E-state index contributed by atoms with van der Waals surface area (Å²) in [4.78, 5) is 10.3. The molecule has 0 aromatic heterocycles. The van der Waals surface area contributed by atoms with Gasteiger partial charge in [-0.05, 0) is 12.1 Å². The number of aliphatic hydroxyl groups excluding tert-OH is 1. The van der Waals surface area contributed by atoms with E-state index in [9.17, 15) is 13.2 Å². The van der Waals surface area contributed by atoms with Crippen molar-refractivity contribution >= 4 is 16.0 Å². The molecule has 96 valence electrons. The monoisotopic (exact) mass is 270 g/mol. The van der Waals surface area contributed by atoms with Crippen LogP contribution >= 0.6 is 0 Å². The maximum absolute atomic E-state index is 11.8. The fourth-order valence-corrected chi connectivity index (χ4v) is 2.55. The Morgan fingerprint density at radius 3 is 2.56 bits per heavy atom. The maximum atomic E-state index is 11.8. The molecule has 1 unspecified atom stereocenters. The number of benzene rings is 1. The normalized spacial score (nSPS) is 12.7. The summed E-state index contributed by atoms with van der Waals surface area (Å²) in [7, 11) is -4.17. The van der Waals surface area contributed by atoms with Crippen LogP contribution in [0, 0.1) is 11.3 Å². The number of carboxylic acid groups (broad SMARTS) is 1. The number of nitriles is 1. The number of hydrogen-bond acceptors (Lipinski definition) is 5. The van der Waals surface area contributed by atoms with E-state index >= 15 is 0 Å². The lowest BCUT2D eigenvalue weighted by molar-refractivity contribution is -0.139. The van der Waals surface area contributed by atoms with E-state index in [-0.39, 0.29) is 10.5 Å². The minimum absolute atomic E-state index is 0.105. The van der Waals surface area contributed by atoms with Crippen LogP contribution in [0.1, 0.15) is 5.56 Å². The molecule has 0 aliphatic heterocycles. The van der Waals surface area contributed by atoms with Gasteiger partial charge in [0.2, 0.25) is 10.0 Å². The topological polar surface area (TPSA) is 127 Å². The van der Waals surface area contributed by atoms with Gasteiger partial charge < -0.3 is 10.2 Å². The van der Waals surface area contributed by atoms with E-state index in [1.807, 2.05) is 0 Å². The second-order valence-corrected chi connectivity index (χ2v) is 4.99. The molecule has 1 atom stereocenters. The molecule has 0 fully saturated rings. The number of rotatable bonds is 5. The number of carbonyl (C=O) groups is 1. The minimum Gasteiger partial charge on any atom is -0.480 e. The molecule has 3 N–H and O–H groups in total. The van der Waals surface area contributed by atoms with Gasteiger partial charge in [-0.15, -0.1) is 0 Å². The Balaban J connectivity index is 3.15. The fraction of sp³-hybridized carbons (Fsp3) is 0.200. The summed E-state index contributed by atoms with van der Waals surface area (Å²) in [5, 5.41) is 26.2. The van der Waals surface area contributed by atoms with E-state index < -0.39 is 28.6 Å². The van der Waals surface area contributed by atoms with Crippen LogP contribution in [0.3, 0.4) is 0 Å². The molecule has 18 heavy (non-hydrogen) atoms. The largest absolute Gasteiger partial charge is 0.480 e. The molecule has 7 nitrogen and oxygen atoms in total. The van der Waals surface area contributed by atoms with E-state index in [1.165, 1.54) is 24.3 Å². The summed E-state index contributed by atoms with van der Waals surface area (Å²) in [5.74, 6) is -1.50. The van der Waals surface area contributed by atoms with Gasteiger partial charge in [0.25, 0.3) is 0 Å². The molecule has 0 aliphatic rings. The highest BCUT2D eigenvalue weighted by molar-refractivity contribution is 7.89. The first-order chi connectivity index (χ1) is 8.42. The summed E-state index contributed by atoms with van der Waals surface area (Å²) in [6.45, 7) is -0.886. The molecular weight excluding hydrogens is 260 g/mol. The number of nitrogens with one attached hydrogen (secondary N) is 1. The van der Waals surface area contributed by atoms with Crippen LogP contribution in [-0.4, -0.2) is 37.2 Å². The summed E-state index contributed by atoms with van der Waals surface area (Å²) in [6, 6.07) is 5.41. The van der Waals surface area contributed by atoms with Crippen molar-refractivity contribution in [2.75, 3.05) is 6.61 Å². The zero-order valence-electron chi connectivity index (χ0n) is 9.07. The van der Waals surface area contributed by atoms with Crippen molar-refractivity contribution in [1.82, 2.24) is 4.72 Å². The van der Waals surface area contributed by atoms with E-state index in [0.717, 1.165) is 0 Å². The third kappa shape index (κ3) is 3.04. The number of hydrogen-bond donors (Lipinski definition) is 3. The first-order valence-corrected chi connectivity index (χ1v) is 6.26. The van der Waals surface area contributed by atoms with Crippen LogP contribution in [0.5, 0.6) is 0 Å². The summed E-state index contributed by atoms with van der Waals surface area (Å²) >= 11 is 0. The van der Waals surface area contributed by atoms with Gasteiger partial charge in [-0.3, -0.25) is 4.79 Å². The predicted molar refractivity (Wildman–Crippen MR) is 60.0 cm³/mol. The van der Waals surface area contributed by atoms with Crippen LogP contribution in [-0.2, 0) is 14.8 Å². The Hall–Kier alpha value is -1.95. The summed E-state index contributed by atoms with van der Waals surface area (Å²) in [5.41, 5.74) is -0.105. The fourth-order valence-electron chi connectivity index (χ4n) is 1.21. The molecule has 0 amide bonds. The Kier molecular flexibility index (Phi) is 4.38. The quantitative estimate of drug-likeness (QED) is 0.648. The number of carboxylic acids is 1. The van der Waals surface area contributed by atoms with Gasteiger partial charge in [0.05, 0.1) is 17.1 Å². The molecule has 0 radical (unpaired) electrons. The van der Waals surface area contributed by atoms with Crippen molar-refractivity contribution < 1.29 is 23.4 Å². The number of sulfonamides is 1. The molecule has 0 aliphatic carbocycles. The Morgan fingerprint density at radius 2 is 2.06 bits per heavy atom. The second-order valence-electron chi connectivity index (χ2n) is 3.30. The van der Waals surface area contributed by atoms with Gasteiger partial charge in [-0.1, -0.05) is 12.1 Å². The third-order valence-corrected chi connectivity index (χ3v) is 3.60. The molecule has 1 aromatic rings. The van der Waals surface area contributed by atoms with Crippen LogP contribution in [0.15, 0.2) is 29.2 Å². The highest BCUT2D eigenvalue weighted by Crippen LogP contribution is 2.14. The van der Waals surface area contributed by atoms with E-state index in [2.05, 4.69) is 0 Å². The van der Waals surface area contributed by atoms with Gasteiger partial charge in [0.15, 0.2) is 0 Å². The lowest BCUT2D eigenvalue weighted by Gasteiger charge is -2.12. The number of aliphatic hydroxyl groups is 1. The lowest BCUT2D eigenvalue weighted by Crippen LogP contribution is -2.43. The molecule has 1 aromatic carbocycles. The summed E-state index contributed by atoms with van der Waals surface area (Å²) < 4.78 is 25.5. The lowest BCUT2D eigenvalue weighted by atomic mass is 10.2. The van der Waals surface area contributed by atoms with Gasteiger partial charge in [0, 0.05) is 0 Å². The molecule has 0 spiro atoms. The predicted octanol–water partition coefficient (Wildman–Crippen LogP) is -0.718. The molecule has 8 heteroatoms. The van der Waals surface area contributed by atoms with Crippen molar-refractivity contribution in [1.29, 1.82) is 5.26 Å². The first-order valence-electron chi connectivity index (χ1n) is 4.77. The van der Waals surface area contributed by atoms with Gasteiger partial charge in [-0.25, -0.2) is 8.42 Å². The number of aliphatic carboxylic acids is 1. The smallest absolute Gasteiger partial charge is 0.324 e. The second kappa shape index (κ2) is 5.59. The van der Waals surface area contributed by atoms with Gasteiger partial charge >= 0.3 is 5.97 Å². The molecule has 0 heterocycles. The Bertz CT molecular complexity index is 591. The van der Waals surface area contributed by atoms with Crippen LogP contribution in [0.2, 0.25) is 0 Å². The molecule has 0 saturated carbocycles.